The van der Waals surface area contributed by atoms with E-state index in [2.05, 4.69) is 0 Å². The predicted molar refractivity (Wildman–Crippen MR) is 117 cm³/mol. The van der Waals surface area contributed by atoms with Crippen LogP contribution >= 0.6 is 11.6 Å². The molecule has 0 amide bonds. The van der Waals surface area contributed by atoms with Crippen LogP contribution in [0, 0.1) is 6.92 Å². The molecule has 0 bridgehead atoms. The van der Waals surface area contributed by atoms with Gasteiger partial charge in [-0.1, -0.05) is 83.9 Å². The van der Waals surface area contributed by atoms with Crippen molar-refractivity contribution in [1.29, 1.82) is 0 Å². The first kappa shape index (κ1) is 20.8. The fraction of sp³-hybridized carbons (Fsp3) is 0.160. The van der Waals surface area contributed by atoms with Crippen molar-refractivity contribution >= 4 is 23.6 Å². The Morgan fingerprint density at radius 3 is 2.55 bits per heavy atom. The molecule has 1 N–H and O–H groups in total. The number of aryl methyl sites for hydroxylation is 1. The molecule has 0 saturated carbocycles. The summed E-state index contributed by atoms with van der Waals surface area (Å²) >= 11 is 6.01. The average Bonchev–Trinajstić information content (AvgIpc) is 2.74. The summed E-state index contributed by atoms with van der Waals surface area (Å²) in [5.41, 5.74) is 5.05. The minimum atomic E-state index is -0.693. The van der Waals surface area contributed by atoms with Crippen molar-refractivity contribution in [3.8, 4) is 0 Å². The van der Waals surface area contributed by atoms with E-state index in [0.717, 1.165) is 27.8 Å². The number of hydrogen-bond donors (Lipinski definition) is 1. The molecule has 0 spiro atoms. The van der Waals surface area contributed by atoms with Crippen molar-refractivity contribution in [1.82, 2.24) is 0 Å². The highest BCUT2D eigenvalue weighted by molar-refractivity contribution is 6.31. The van der Waals surface area contributed by atoms with Gasteiger partial charge in [-0.25, -0.2) is 4.79 Å². The summed E-state index contributed by atoms with van der Waals surface area (Å²) in [6.45, 7) is 2.02. The molecule has 0 radical (unpaired) electrons. The smallest absolute Gasteiger partial charge is 0.338 e. The van der Waals surface area contributed by atoms with Crippen LogP contribution in [0.4, 0.5) is 0 Å². The fourth-order valence-electron chi connectivity index (χ4n) is 3.19. The number of aliphatic hydroxyl groups excluding tert-OH is 1. The van der Waals surface area contributed by atoms with Gasteiger partial charge in [0.15, 0.2) is 0 Å². The normalized spacial score (nSPS) is 12.1. The third kappa shape index (κ3) is 5.14. The lowest BCUT2D eigenvalue weighted by Gasteiger charge is -2.15. The molecule has 0 aliphatic heterocycles. The maximum Gasteiger partial charge on any atom is 0.338 e. The molecule has 148 valence electrons. The molecule has 1 unspecified atom stereocenters. The maximum atomic E-state index is 12.0. The molecule has 0 aliphatic carbocycles. The van der Waals surface area contributed by atoms with E-state index in [0.29, 0.717) is 17.0 Å². The first-order valence-corrected chi connectivity index (χ1v) is 9.74. The van der Waals surface area contributed by atoms with Gasteiger partial charge in [0, 0.05) is 5.02 Å². The molecule has 29 heavy (non-hydrogen) atoms. The van der Waals surface area contributed by atoms with Crippen LogP contribution in [0.15, 0.2) is 72.8 Å². The van der Waals surface area contributed by atoms with E-state index < -0.39 is 12.1 Å². The lowest BCUT2D eigenvalue weighted by molar-refractivity contribution is 0.0600. The summed E-state index contributed by atoms with van der Waals surface area (Å²) in [6, 6.07) is 20.8. The SMILES string of the molecule is COC(=O)c1cc(Cl)ccc1C=CCc1ccccc1C(O)c1ccc(C)cc1. The Bertz CT molecular complexity index is 1020. The van der Waals surface area contributed by atoms with Gasteiger partial charge in [0.05, 0.1) is 12.7 Å². The topological polar surface area (TPSA) is 46.5 Å². The van der Waals surface area contributed by atoms with Gasteiger partial charge in [0.25, 0.3) is 0 Å². The molecule has 3 aromatic carbocycles. The van der Waals surface area contributed by atoms with E-state index >= 15 is 0 Å². The van der Waals surface area contributed by atoms with Gasteiger partial charge in [0.1, 0.15) is 6.10 Å². The molecular formula is C25H23ClO3. The first-order chi connectivity index (χ1) is 14.0. The standard InChI is InChI=1S/C25H23ClO3/c1-17-10-12-20(13-11-17)24(27)22-9-4-3-6-18(22)7-5-8-19-14-15-21(26)16-23(19)25(28)29-2/h3-6,8-16,24,27H,7H2,1-2H3. The highest BCUT2D eigenvalue weighted by Crippen LogP contribution is 2.26. The zero-order chi connectivity index (χ0) is 20.8. The van der Waals surface area contributed by atoms with Gasteiger partial charge in [-0.05, 0) is 47.7 Å². The second kappa shape index (κ2) is 9.55. The van der Waals surface area contributed by atoms with Crippen molar-refractivity contribution < 1.29 is 14.6 Å². The van der Waals surface area contributed by atoms with Gasteiger partial charge in [-0.15, -0.1) is 0 Å². The molecule has 0 saturated heterocycles. The Balaban J connectivity index is 1.84. The largest absolute Gasteiger partial charge is 0.465 e. The second-order valence-electron chi connectivity index (χ2n) is 6.84. The highest BCUT2D eigenvalue weighted by Gasteiger charge is 2.14. The number of methoxy groups -OCH3 is 1. The van der Waals surface area contributed by atoms with Crippen molar-refractivity contribution in [2.75, 3.05) is 7.11 Å². The summed E-state index contributed by atoms with van der Waals surface area (Å²) in [5, 5.41) is 11.3. The summed E-state index contributed by atoms with van der Waals surface area (Å²) in [6.07, 6.45) is 3.76. The lowest BCUT2D eigenvalue weighted by Crippen LogP contribution is -2.04. The van der Waals surface area contributed by atoms with Crippen molar-refractivity contribution in [3.63, 3.8) is 0 Å². The van der Waals surface area contributed by atoms with Crippen LogP contribution in [-0.2, 0) is 11.2 Å². The minimum absolute atomic E-state index is 0.421. The van der Waals surface area contributed by atoms with E-state index in [1.54, 1.807) is 18.2 Å². The number of rotatable bonds is 6. The number of carbonyl (C=O) groups excluding carboxylic acids is 1. The Labute approximate surface area is 176 Å². The molecule has 3 nitrogen and oxygen atoms in total. The Morgan fingerprint density at radius 1 is 1.10 bits per heavy atom. The predicted octanol–water partition coefficient (Wildman–Crippen LogP) is 5.77. The van der Waals surface area contributed by atoms with Crippen LogP contribution in [0.25, 0.3) is 6.08 Å². The minimum Gasteiger partial charge on any atom is -0.465 e. The fourth-order valence-corrected chi connectivity index (χ4v) is 3.36. The molecule has 3 rings (SSSR count). The summed E-state index contributed by atoms with van der Waals surface area (Å²) in [7, 11) is 1.35. The molecule has 0 heterocycles. The van der Waals surface area contributed by atoms with Crippen LogP contribution in [0.3, 0.4) is 0 Å². The van der Waals surface area contributed by atoms with Crippen molar-refractivity contribution in [3.05, 3.63) is 111 Å². The zero-order valence-corrected chi connectivity index (χ0v) is 17.2. The van der Waals surface area contributed by atoms with Gasteiger partial charge in [0.2, 0.25) is 0 Å². The van der Waals surface area contributed by atoms with Gasteiger partial charge in [-0.2, -0.15) is 0 Å². The number of esters is 1. The van der Waals surface area contributed by atoms with Gasteiger partial charge in [-0.3, -0.25) is 0 Å². The van der Waals surface area contributed by atoms with Crippen molar-refractivity contribution in [2.45, 2.75) is 19.4 Å². The third-order valence-electron chi connectivity index (χ3n) is 4.80. The molecule has 0 fully saturated rings. The van der Waals surface area contributed by atoms with E-state index in [9.17, 15) is 9.90 Å². The molecular weight excluding hydrogens is 384 g/mol. The van der Waals surface area contributed by atoms with Crippen LogP contribution in [-0.4, -0.2) is 18.2 Å². The molecule has 1 atom stereocenters. The summed E-state index contributed by atoms with van der Waals surface area (Å²) < 4.78 is 4.84. The quantitative estimate of drug-likeness (QED) is 0.528. The monoisotopic (exact) mass is 406 g/mol. The van der Waals surface area contributed by atoms with E-state index in [4.69, 9.17) is 16.3 Å². The van der Waals surface area contributed by atoms with Crippen LogP contribution in [0.1, 0.15) is 44.3 Å². The van der Waals surface area contributed by atoms with Crippen molar-refractivity contribution in [2.24, 2.45) is 0 Å². The molecule has 0 aliphatic rings. The zero-order valence-electron chi connectivity index (χ0n) is 16.4. The lowest BCUT2D eigenvalue weighted by atomic mass is 9.94. The average molecular weight is 407 g/mol. The number of ether oxygens (including phenoxy) is 1. The Morgan fingerprint density at radius 2 is 1.83 bits per heavy atom. The maximum absolute atomic E-state index is 12.0. The van der Waals surface area contributed by atoms with E-state index in [1.165, 1.54) is 7.11 Å². The summed E-state index contributed by atoms with van der Waals surface area (Å²) in [5.74, 6) is -0.428. The van der Waals surface area contributed by atoms with E-state index in [-0.39, 0.29) is 0 Å². The Hall–Kier alpha value is -2.88. The number of aliphatic hydroxyl groups is 1. The highest BCUT2D eigenvalue weighted by atomic mass is 35.5. The molecule has 4 heteroatoms. The summed E-state index contributed by atoms with van der Waals surface area (Å²) in [4.78, 5) is 12.0. The van der Waals surface area contributed by atoms with Crippen LogP contribution < -0.4 is 0 Å². The van der Waals surface area contributed by atoms with Crippen LogP contribution in [0.5, 0.6) is 0 Å². The molecule has 3 aromatic rings. The van der Waals surface area contributed by atoms with Gasteiger partial charge < -0.3 is 9.84 Å². The van der Waals surface area contributed by atoms with E-state index in [1.807, 2.05) is 67.6 Å². The van der Waals surface area contributed by atoms with Gasteiger partial charge >= 0.3 is 5.97 Å². The third-order valence-corrected chi connectivity index (χ3v) is 5.03. The molecule has 0 aromatic heterocycles. The number of allylic oxidation sites excluding steroid dienone is 1. The van der Waals surface area contributed by atoms with Crippen LogP contribution in [0.2, 0.25) is 5.02 Å². The second-order valence-corrected chi connectivity index (χ2v) is 7.28. The number of benzene rings is 3. The first-order valence-electron chi connectivity index (χ1n) is 9.36. The number of halogens is 1. The number of hydrogen-bond acceptors (Lipinski definition) is 3. The number of carbonyl (C=O) groups is 1. The Kier molecular flexibility index (Phi) is 6.86.